The van der Waals surface area contributed by atoms with E-state index in [0.717, 1.165) is 0 Å². The number of Topliss-reactive ketones (excluding diaryl/α,β-unsaturated/α-hetero) is 1. The van der Waals surface area contributed by atoms with E-state index in [2.05, 4.69) is 0 Å². The monoisotopic (exact) mass is 297 g/mol. The van der Waals surface area contributed by atoms with Crippen molar-refractivity contribution in [1.29, 1.82) is 0 Å². The van der Waals surface area contributed by atoms with Gasteiger partial charge in [-0.05, 0) is 22.8 Å². The van der Waals surface area contributed by atoms with Crippen LogP contribution in [0.5, 0.6) is 0 Å². The lowest BCUT2D eigenvalue weighted by molar-refractivity contribution is -0.131. The zero-order chi connectivity index (χ0) is 16.8. The molecule has 0 aromatic rings. The number of imide groups is 1. The normalized spacial score (nSPS) is 23.0. The second kappa shape index (κ2) is 4.86. The van der Waals surface area contributed by atoms with E-state index in [9.17, 15) is 24.6 Å². The third-order valence-corrected chi connectivity index (χ3v) is 4.03. The van der Waals surface area contributed by atoms with Gasteiger partial charge >= 0.3 is 12.2 Å². The van der Waals surface area contributed by atoms with Crippen LogP contribution in [0.1, 0.15) is 48.0 Å². The summed E-state index contributed by atoms with van der Waals surface area (Å²) >= 11 is 0. The zero-order valence-corrected chi connectivity index (χ0v) is 13.4. The number of ketones is 1. The number of carboxylic acid groups (broad SMARTS) is 2. The highest BCUT2D eigenvalue weighted by Gasteiger charge is 2.60. The second-order valence-electron chi connectivity index (χ2n) is 7.41. The Balaban J connectivity index is 3.53. The lowest BCUT2D eigenvalue weighted by Gasteiger charge is -2.45. The van der Waals surface area contributed by atoms with Crippen LogP contribution in [0.2, 0.25) is 0 Å². The minimum atomic E-state index is -1.63. The van der Waals surface area contributed by atoms with Crippen molar-refractivity contribution in [2.45, 2.75) is 53.5 Å². The molecular formula is C15H23NO5. The van der Waals surface area contributed by atoms with Crippen LogP contribution in [0.15, 0.2) is 11.6 Å². The van der Waals surface area contributed by atoms with E-state index in [4.69, 9.17) is 0 Å². The molecule has 2 amide bonds. The van der Waals surface area contributed by atoms with E-state index in [1.54, 1.807) is 26.8 Å². The fourth-order valence-electron chi connectivity index (χ4n) is 2.89. The molecule has 1 aliphatic rings. The lowest BCUT2D eigenvalue weighted by Crippen LogP contribution is -2.64. The quantitative estimate of drug-likeness (QED) is 0.773. The summed E-state index contributed by atoms with van der Waals surface area (Å²) in [5, 5.41) is 18.6. The number of carbonyl (C=O) groups is 3. The molecule has 0 aromatic heterocycles. The molecule has 0 bridgehead atoms. The molecule has 2 N–H and O–H groups in total. The average Bonchev–Trinajstić information content (AvgIpc) is 2.55. The molecule has 0 aliphatic heterocycles. The second-order valence-corrected chi connectivity index (χ2v) is 7.41. The standard InChI is InChI=1S/C15H23NO5/c1-13(2,3)9-7-8-15(10(9)17,14(4,5)6)16(11(18)19)12(20)21/h7H,8H2,1-6H3,(H,18,19)(H,20,21). The van der Waals surface area contributed by atoms with Crippen LogP contribution in [-0.2, 0) is 4.79 Å². The third-order valence-electron chi connectivity index (χ3n) is 4.03. The first-order valence-electron chi connectivity index (χ1n) is 6.78. The highest BCUT2D eigenvalue weighted by molar-refractivity contribution is 6.10. The molecule has 0 aromatic carbocycles. The largest absolute Gasteiger partial charge is 0.464 e. The van der Waals surface area contributed by atoms with Crippen LogP contribution in [0.4, 0.5) is 9.59 Å². The fraction of sp³-hybridized carbons (Fsp3) is 0.667. The molecule has 0 fully saturated rings. The predicted molar refractivity (Wildman–Crippen MR) is 77.2 cm³/mol. The van der Waals surface area contributed by atoms with E-state index in [-0.39, 0.29) is 11.3 Å². The first kappa shape index (κ1) is 17.2. The van der Waals surface area contributed by atoms with Crippen molar-refractivity contribution in [2.75, 3.05) is 0 Å². The van der Waals surface area contributed by atoms with E-state index in [0.29, 0.717) is 5.57 Å². The van der Waals surface area contributed by atoms with Gasteiger partial charge in [0, 0.05) is 0 Å². The van der Waals surface area contributed by atoms with Crippen molar-refractivity contribution in [1.82, 2.24) is 4.90 Å². The van der Waals surface area contributed by atoms with Crippen molar-refractivity contribution >= 4 is 18.0 Å². The maximum atomic E-state index is 12.9. The third kappa shape index (κ3) is 2.54. The average molecular weight is 297 g/mol. The molecule has 1 rings (SSSR count). The molecule has 1 atom stereocenters. The summed E-state index contributed by atoms with van der Waals surface area (Å²) in [6.45, 7) is 10.6. The van der Waals surface area contributed by atoms with Crippen molar-refractivity contribution in [2.24, 2.45) is 10.8 Å². The van der Waals surface area contributed by atoms with Gasteiger partial charge in [-0.3, -0.25) is 4.79 Å². The molecule has 118 valence electrons. The molecule has 21 heavy (non-hydrogen) atoms. The zero-order valence-electron chi connectivity index (χ0n) is 13.4. The molecule has 1 unspecified atom stereocenters. The summed E-state index contributed by atoms with van der Waals surface area (Å²) in [5.41, 5.74) is -2.46. The number of nitrogens with zero attached hydrogens (tertiary/aromatic N) is 1. The van der Waals surface area contributed by atoms with Crippen LogP contribution in [0.3, 0.4) is 0 Å². The SMILES string of the molecule is CC(C)(C)C1=CCC(N(C(=O)O)C(=O)O)(C(C)(C)C)C1=O. The van der Waals surface area contributed by atoms with Crippen LogP contribution in [-0.4, -0.2) is 38.6 Å². The minimum Gasteiger partial charge on any atom is -0.464 e. The number of carbonyl (C=O) groups excluding carboxylic acids is 1. The van der Waals surface area contributed by atoms with Crippen molar-refractivity contribution < 1.29 is 24.6 Å². The molecule has 1 aliphatic carbocycles. The van der Waals surface area contributed by atoms with Gasteiger partial charge in [-0.15, -0.1) is 0 Å². The maximum absolute atomic E-state index is 12.9. The molecule has 0 spiro atoms. The summed E-state index contributed by atoms with van der Waals surface area (Å²) in [4.78, 5) is 36.1. The number of hydrogen-bond acceptors (Lipinski definition) is 3. The Bertz CT molecular complexity index is 507. The summed E-state index contributed by atoms with van der Waals surface area (Å²) in [5.74, 6) is -0.424. The highest BCUT2D eigenvalue weighted by Crippen LogP contribution is 2.48. The lowest BCUT2D eigenvalue weighted by atomic mass is 9.68. The molecule has 6 heteroatoms. The summed E-state index contributed by atoms with van der Waals surface area (Å²) < 4.78 is 0. The first-order valence-corrected chi connectivity index (χ1v) is 6.78. The molecule has 0 saturated carbocycles. The smallest absolute Gasteiger partial charge is 0.417 e. The van der Waals surface area contributed by atoms with Crippen LogP contribution >= 0.6 is 0 Å². The molecule has 0 radical (unpaired) electrons. The summed E-state index contributed by atoms with van der Waals surface area (Å²) in [6.07, 6.45) is -1.52. The van der Waals surface area contributed by atoms with Crippen LogP contribution in [0.25, 0.3) is 0 Å². The fourth-order valence-corrected chi connectivity index (χ4v) is 2.89. The minimum absolute atomic E-state index is 0.0700. The van der Waals surface area contributed by atoms with Gasteiger partial charge < -0.3 is 10.2 Å². The van der Waals surface area contributed by atoms with Gasteiger partial charge in [0.1, 0.15) is 5.54 Å². The Labute approximate surface area is 124 Å². The number of rotatable bonds is 1. The van der Waals surface area contributed by atoms with Gasteiger partial charge in [0.25, 0.3) is 0 Å². The topological polar surface area (TPSA) is 94.9 Å². The van der Waals surface area contributed by atoms with E-state index >= 15 is 0 Å². The molecular weight excluding hydrogens is 274 g/mol. The molecule has 0 heterocycles. The predicted octanol–water partition coefficient (Wildman–Crippen LogP) is 3.37. The molecule has 6 nitrogen and oxygen atoms in total. The maximum Gasteiger partial charge on any atom is 0.417 e. The Morgan fingerprint density at radius 1 is 1.10 bits per heavy atom. The van der Waals surface area contributed by atoms with Crippen molar-refractivity contribution in [3.63, 3.8) is 0 Å². The van der Waals surface area contributed by atoms with Gasteiger partial charge in [0.15, 0.2) is 5.78 Å². The Hall–Kier alpha value is -1.85. The van der Waals surface area contributed by atoms with Gasteiger partial charge in [-0.25, -0.2) is 9.59 Å². The van der Waals surface area contributed by atoms with Gasteiger partial charge in [0.05, 0.1) is 0 Å². The van der Waals surface area contributed by atoms with Crippen molar-refractivity contribution in [3.05, 3.63) is 11.6 Å². The Morgan fingerprint density at radius 2 is 1.52 bits per heavy atom. The Morgan fingerprint density at radius 3 is 1.76 bits per heavy atom. The highest BCUT2D eigenvalue weighted by atomic mass is 16.4. The van der Waals surface area contributed by atoms with E-state index < -0.39 is 34.3 Å². The van der Waals surface area contributed by atoms with Gasteiger partial charge in [0.2, 0.25) is 0 Å². The Kier molecular flexibility index (Phi) is 3.98. The van der Waals surface area contributed by atoms with Crippen LogP contribution in [0, 0.1) is 10.8 Å². The van der Waals surface area contributed by atoms with Gasteiger partial charge in [-0.2, -0.15) is 4.90 Å². The number of amides is 2. The summed E-state index contributed by atoms with van der Waals surface area (Å²) in [6, 6.07) is 0. The number of hydrogen-bond donors (Lipinski definition) is 2. The summed E-state index contributed by atoms with van der Waals surface area (Å²) in [7, 11) is 0. The van der Waals surface area contributed by atoms with Gasteiger partial charge in [-0.1, -0.05) is 47.6 Å². The first-order chi connectivity index (χ1) is 9.26. The van der Waals surface area contributed by atoms with Crippen LogP contribution < -0.4 is 0 Å². The van der Waals surface area contributed by atoms with Crippen molar-refractivity contribution in [3.8, 4) is 0 Å². The van der Waals surface area contributed by atoms with E-state index in [1.807, 2.05) is 20.8 Å². The molecule has 0 saturated heterocycles. The van der Waals surface area contributed by atoms with E-state index in [1.165, 1.54) is 0 Å².